The van der Waals surface area contributed by atoms with Gasteiger partial charge in [-0.2, -0.15) is 0 Å². The van der Waals surface area contributed by atoms with Gasteiger partial charge in [0.25, 0.3) is 0 Å². The van der Waals surface area contributed by atoms with Gasteiger partial charge in [0.2, 0.25) is 0 Å². The molecular formula is C31H26N2O4. The van der Waals surface area contributed by atoms with Crippen LogP contribution in [0.3, 0.4) is 0 Å². The molecule has 3 aliphatic rings. The van der Waals surface area contributed by atoms with Crippen molar-refractivity contribution in [3.05, 3.63) is 119 Å². The minimum Gasteiger partial charge on any atom is -0.456 e. The number of carbonyl (C=O) groups is 1. The van der Waals surface area contributed by atoms with E-state index in [-0.39, 0.29) is 5.97 Å². The van der Waals surface area contributed by atoms with Crippen molar-refractivity contribution in [2.75, 3.05) is 23.8 Å². The van der Waals surface area contributed by atoms with Gasteiger partial charge in [0, 0.05) is 34.7 Å². The summed E-state index contributed by atoms with van der Waals surface area (Å²) >= 11 is 0. The Morgan fingerprint density at radius 3 is 2.14 bits per heavy atom. The van der Waals surface area contributed by atoms with Crippen molar-refractivity contribution in [1.29, 1.82) is 0 Å². The zero-order valence-electron chi connectivity index (χ0n) is 20.2. The fourth-order valence-electron chi connectivity index (χ4n) is 5.82. The third-order valence-corrected chi connectivity index (χ3v) is 7.46. The molecular weight excluding hydrogens is 464 g/mol. The van der Waals surface area contributed by atoms with Crippen molar-refractivity contribution in [2.24, 2.45) is 0 Å². The monoisotopic (exact) mass is 490 g/mol. The van der Waals surface area contributed by atoms with Crippen LogP contribution in [0.25, 0.3) is 0 Å². The Kier molecular flexibility index (Phi) is 4.98. The molecule has 0 amide bonds. The van der Waals surface area contributed by atoms with E-state index in [9.17, 15) is 4.79 Å². The molecule has 0 bridgehead atoms. The molecule has 1 saturated heterocycles. The Hall–Kier alpha value is -4.29. The molecule has 3 aliphatic heterocycles. The highest BCUT2D eigenvalue weighted by molar-refractivity contribution is 6.02. The van der Waals surface area contributed by atoms with E-state index in [1.165, 1.54) is 0 Å². The largest absolute Gasteiger partial charge is 0.456 e. The van der Waals surface area contributed by atoms with Crippen LogP contribution in [-0.2, 0) is 15.1 Å². The number of esters is 1. The molecule has 0 aliphatic carbocycles. The van der Waals surface area contributed by atoms with Gasteiger partial charge in [-0.3, -0.25) is 0 Å². The zero-order chi connectivity index (χ0) is 24.9. The molecule has 1 atom stereocenters. The summed E-state index contributed by atoms with van der Waals surface area (Å²) < 4.78 is 18.7. The van der Waals surface area contributed by atoms with Gasteiger partial charge >= 0.3 is 5.97 Å². The Morgan fingerprint density at radius 1 is 0.757 bits per heavy atom. The van der Waals surface area contributed by atoms with E-state index in [2.05, 4.69) is 10.6 Å². The first-order chi connectivity index (χ1) is 18.2. The molecule has 1 unspecified atom stereocenters. The molecule has 0 saturated carbocycles. The van der Waals surface area contributed by atoms with E-state index in [0.29, 0.717) is 30.2 Å². The summed E-state index contributed by atoms with van der Waals surface area (Å²) in [5.41, 5.74) is 3.08. The fraction of sp³-hybridized carbons (Fsp3) is 0.194. The van der Waals surface area contributed by atoms with Gasteiger partial charge in [-0.25, -0.2) is 4.79 Å². The lowest BCUT2D eigenvalue weighted by atomic mass is 9.77. The van der Waals surface area contributed by atoms with Crippen LogP contribution in [0, 0.1) is 0 Å². The Balaban J connectivity index is 1.29. The van der Waals surface area contributed by atoms with Crippen molar-refractivity contribution < 1.29 is 19.0 Å². The molecule has 3 heterocycles. The highest BCUT2D eigenvalue weighted by Gasteiger charge is 2.54. The summed E-state index contributed by atoms with van der Waals surface area (Å²) in [6.07, 6.45) is 1.82. The second-order valence-electron chi connectivity index (χ2n) is 9.68. The van der Waals surface area contributed by atoms with E-state index < -0.39 is 11.3 Å². The molecule has 37 heavy (non-hydrogen) atoms. The first-order valence-corrected chi connectivity index (χ1v) is 12.6. The van der Waals surface area contributed by atoms with Crippen molar-refractivity contribution >= 4 is 17.3 Å². The van der Waals surface area contributed by atoms with Crippen LogP contribution in [0.5, 0.6) is 11.5 Å². The number of fused-ring (bicyclic) bond motifs is 6. The van der Waals surface area contributed by atoms with Crippen LogP contribution in [0.1, 0.15) is 39.9 Å². The predicted octanol–water partition coefficient (Wildman–Crippen LogP) is 6.29. The maximum absolute atomic E-state index is 13.6. The number of benzene rings is 4. The second-order valence-corrected chi connectivity index (χ2v) is 9.68. The first-order valence-electron chi connectivity index (χ1n) is 12.6. The number of para-hydroxylation sites is 3. The van der Waals surface area contributed by atoms with E-state index in [4.69, 9.17) is 14.2 Å². The van der Waals surface area contributed by atoms with E-state index in [1.54, 1.807) is 0 Å². The van der Waals surface area contributed by atoms with Gasteiger partial charge in [-0.15, -0.1) is 0 Å². The maximum Gasteiger partial charge on any atom is 0.342 e. The fourth-order valence-corrected chi connectivity index (χ4v) is 5.82. The van der Waals surface area contributed by atoms with Crippen LogP contribution < -0.4 is 15.4 Å². The van der Waals surface area contributed by atoms with Crippen molar-refractivity contribution in [1.82, 2.24) is 0 Å². The Labute approximate surface area is 215 Å². The average molecular weight is 491 g/mol. The Morgan fingerprint density at radius 2 is 1.43 bits per heavy atom. The number of nitrogens with one attached hydrogen (secondary N) is 2. The smallest absolute Gasteiger partial charge is 0.342 e. The van der Waals surface area contributed by atoms with Crippen LogP contribution in [0.15, 0.2) is 97.1 Å². The standard InChI is InChI=1S/C31H26N2O4/c34-29-28-24(31(37-29)22-12-4-6-16-26(22)36-27-17-7-5-13-23(27)31)14-8-15-25(28)32-20-30(18-9-19-35-30)33-21-10-2-1-3-11-21/h1-8,10-17,32-33H,9,18-20H2. The summed E-state index contributed by atoms with van der Waals surface area (Å²) in [7, 11) is 0. The second kappa shape index (κ2) is 8.39. The third kappa shape index (κ3) is 3.40. The first kappa shape index (κ1) is 21.9. The zero-order valence-corrected chi connectivity index (χ0v) is 20.2. The lowest BCUT2D eigenvalue weighted by Gasteiger charge is -2.36. The van der Waals surface area contributed by atoms with E-state index in [0.717, 1.165) is 40.9 Å². The number of hydrogen-bond donors (Lipinski definition) is 2. The predicted molar refractivity (Wildman–Crippen MR) is 141 cm³/mol. The minimum absolute atomic E-state index is 0.359. The lowest BCUT2D eigenvalue weighted by Crippen LogP contribution is -2.44. The van der Waals surface area contributed by atoms with E-state index >= 15 is 0 Å². The van der Waals surface area contributed by atoms with Crippen LogP contribution in [-0.4, -0.2) is 24.8 Å². The van der Waals surface area contributed by atoms with Crippen molar-refractivity contribution in [2.45, 2.75) is 24.2 Å². The molecule has 2 N–H and O–H groups in total. The molecule has 1 spiro atoms. The summed E-state index contributed by atoms with van der Waals surface area (Å²) in [4.78, 5) is 13.6. The highest BCUT2D eigenvalue weighted by atomic mass is 16.6. The summed E-state index contributed by atoms with van der Waals surface area (Å²) in [6.45, 7) is 1.18. The van der Waals surface area contributed by atoms with Crippen LogP contribution >= 0.6 is 0 Å². The summed E-state index contributed by atoms with van der Waals surface area (Å²) in [5, 5.41) is 7.10. The number of hydrogen-bond acceptors (Lipinski definition) is 6. The minimum atomic E-state index is -1.07. The molecule has 4 aromatic rings. The van der Waals surface area contributed by atoms with Gasteiger partial charge in [-0.1, -0.05) is 66.7 Å². The molecule has 184 valence electrons. The van der Waals surface area contributed by atoms with Crippen LogP contribution in [0.2, 0.25) is 0 Å². The van der Waals surface area contributed by atoms with Gasteiger partial charge in [-0.05, 0) is 43.2 Å². The molecule has 6 nitrogen and oxygen atoms in total. The number of anilines is 2. The normalized spacial score (nSPS) is 20.4. The quantitative estimate of drug-likeness (QED) is 0.321. The van der Waals surface area contributed by atoms with E-state index in [1.807, 2.05) is 97.1 Å². The number of rotatable bonds is 5. The summed E-state index contributed by atoms with van der Waals surface area (Å²) in [6, 6.07) is 31.5. The molecule has 1 fully saturated rings. The van der Waals surface area contributed by atoms with Gasteiger partial charge < -0.3 is 24.8 Å². The van der Waals surface area contributed by atoms with Gasteiger partial charge in [0.15, 0.2) is 11.3 Å². The molecule has 6 heteroatoms. The third-order valence-electron chi connectivity index (χ3n) is 7.46. The van der Waals surface area contributed by atoms with Crippen molar-refractivity contribution in [3.63, 3.8) is 0 Å². The van der Waals surface area contributed by atoms with Crippen molar-refractivity contribution in [3.8, 4) is 11.5 Å². The molecule has 4 aromatic carbocycles. The van der Waals surface area contributed by atoms with Gasteiger partial charge in [0.05, 0.1) is 12.1 Å². The SMILES string of the molecule is O=C1OC2(c3ccccc3Oc3ccccc32)c2cccc(NCC3(Nc4ccccc4)CCCO3)c21. The molecule has 0 aromatic heterocycles. The maximum atomic E-state index is 13.6. The topological polar surface area (TPSA) is 68.8 Å². The van der Waals surface area contributed by atoms with Gasteiger partial charge in [0.1, 0.15) is 11.5 Å². The van der Waals surface area contributed by atoms with Crippen LogP contribution in [0.4, 0.5) is 11.4 Å². The lowest BCUT2D eigenvalue weighted by molar-refractivity contribution is 0.0224. The highest BCUT2D eigenvalue weighted by Crippen LogP contribution is 2.56. The number of ether oxygens (including phenoxy) is 3. The number of carbonyl (C=O) groups excluding carboxylic acids is 1. The summed E-state index contributed by atoms with van der Waals surface area (Å²) in [5.74, 6) is 1.01. The molecule has 7 rings (SSSR count). The molecule has 0 radical (unpaired) electrons. The average Bonchev–Trinajstić information content (AvgIpc) is 3.52. The Bertz CT molecular complexity index is 1450.